The van der Waals surface area contributed by atoms with Crippen molar-refractivity contribution >= 4 is 35.4 Å². The van der Waals surface area contributed by atoms with E-state index in [2.05, 4.69) is 6.58 Å². The minimum Gasteiger partial charge on any atom is -0.508 e. The van der Waals surface area contributed by atoms with Crippen molar-refractivity contribution in [3.05, 3.63) is 41.8 Å². The van der Waals surface area contributed by atoms with Crippen molar-refractivity contribution in [2.24, 2.45) is 0 Å². The van der Waals surface area contributed by atoms with Crippen LogP contribution in [0.15, 0.2) is 36.2 Å². The van der Waals surface area contributed by atoms with Crippen LogP contribution in [-0.4, -0.2) is 13.0 Å². The molecule has 2 rings (SSSR count). The van der Waals surface area contributed by atoms with Crippen LogP contribution in [0.1, 0.15) is 5.56 Å². The van der Waals surface area contributed by atoms with E-state index in [-0.39, 0.29) is 5.76 Å². The second-order valence-electron chi connectivity index (χ2n) is 3.70. The van der Waals surface area contributed by atoms with Crippen molar-refractivity contribution in [3.63, 3.8) is 0 Å². The van der Waals surface area contributed by atoms with Gasteiger partial charge in [0.15, 0.2) is 0 Å². The zero-order valence-electron chi connectivity index (χ0n) is 9.03. The van der Waals surface area contributed by atoms with Gasteiger partial charge in [0.05, 0.1) is 10.6 Å². The molecule has 0 amide bonds. The Balaban J connectivity index is 2.56. The number of thiophene rings is 1. The van der Waals surface area contributed by atoms with Crippen molar-refractivity contribution in [2.45, 2.75) is 0 Å². The molecular weight excluding hydrogens is 217 g/mol. The minimum absolute atomic E-state index is 0.0225. The smallest absolute Gasteiger partial charge is 0.139 e. The molecule has 80 valence electrons. The molecule has 0 saturated carbocycles. The number of aliphatic hydroxyl groups excluding tert-OH is 1. The van der Waals surface area contributed by atoms with Crippen LogP contribution in [0.3, 0.4) is 0 Å². The number of hydrogen-bond donors (Lipinski definition) is 2. The average molecular weight is 229 g/mol. The van der Waals surface area contributed by atoms with Crippen LogP contribution in [0.2, 0.25) is 0 Å². The van der Waals surface area contributed by atoms with Gasteiger partial charge in [-0.05, 0) is 5.56 Å². The van der Waals surface area contributed by atoms with Crippen LogP contribution in [0, 0.1) is 0 Å². The summed E-state index contributed by atoms with van der Waals surface area (Å²) in [5, 5.41) is 12.1. The number of hydrogen-bond acceptors (Lipinski definition) is 3. The summed E-state index contributed by atoms with van der Waals surface area (Å²) in [6, 6.07) is 8.10. The first-order chi connectivity index (χ1) is 7.59. The van der Waals surface area contributed by atoms with Gasteiger partial charge in [-0.3, -0.25) is 0 Å². The molecule has 0 fully saturated rings. The Hall–Kier alpha value is -1.68. The molecule has 4 heteroatoms. The van der Waals surface area contributed by atoms with Crippen LogP contribution >= 0.6 is 11.3 Å². The molecule has 2 nitrogen and oxygen atoms in total. The van der Waals surface area contributed by atoms with Gasteiger partial charge in [-0.25, -0.2) is 0 Å². The molecule has 16 heavy (non-hydrogen) atoms. The minimum atomic E-state index is 0.0225. The Kier molecular flexibility index (Phi) is 2.75. The molecule has 2 aromatic rings. The fourth-order valence-electron chi connectivity index (χ4n) is 1.62. The highest BCUT2D eigenvalue weighted by Gasteiger charge is 2.13. The highest BCUT2D eigenvalue weighted by Crippen LogP contribution is 2.36. The summed E-state index contributed by atoms with van der Waals surface area (Å²) in [5.41, 5.74) is 9.64. The molecular formula is C12H12BNOS. The molecule has 0 saturated heterocycles. The number of aliphatic hydroxyl groups is 1. The van der Waals surface area contributed by atoms with Crippen molar-refractivity contribution < 1.29 is 5.11 Å². The fourth-order valence-corrected chi connectivity index (χ4v) is 2.46. The van der Waals surface area contributed by atoms with Gasteiger partial charge in [0.2, 0.25) is 0 Å². The van der Waals surface area contributed by atoms with E-state index in [1.807, 2.05) is 37.5 Å². The van der Waals surface area contributed by atoms with E-state index in [1.165, 1.54) is 16.8 Å². The molecule has 0 unspecified atom stereocenters. The third kappa shape index (κ3) is 1.84. The fraction of sp³-hybridized carbons (Fsp3) is 0. The molecule has 0 aliphatic heterocycles. The maximum atomic E-state index is 9.52. The number of nitrogen functional groups attached to an aromatic ring is 1. The van der Waals surface area contributed by atoms with E-state index < -0.39 is 0 Å². The van der Waals surface area contributed by atoms with Gasteiger partial charge >= 0.3 is 0 Å². The molecule has 0 aliphatic rings. The van der Waals surface area contributed by atoms with Crippen molar-refractivity contribution in [1.29, 1.82) is 0 Å². The van der Waals surface area contributed by atoms with Crippen molar-refractivity contribution in [1.82, 2.24) is 0 Å². The quantitative estimate of drug-likeness (QED) is 0.609. The predicted molar refractivity (Wildman–Crippen MR) is 74.0 cm³/mol. The third-order valence-electron chi connectivity index (χ3n) is 2.47. The summed E-state index contributed by atoms with van der Waals surface area (Å²) in [5.74, 6) is 0.0225. The first kappa shape index (κ1) is 10.8. The normalized spacial score (nSPS) is 10.2. The van der Waals surface area contributed by atoms with Gasteiger partial charge in [0.1, 0.15) is 13.6 Å². The molecule has 1 aromatic heterocycles. The third-order valence-corrected chi connectivity index (χ3v) is 3.28. The maximum absolute atomic E-state index is 9.52. The molecule has 0 bridgehead atoms. The molecule has 1 heterocycles. The highest BCUT2D eigenvalue weighted by molar-refractivity contribution is 7.14. The van der Waals surface area contributed by atoms with Gasteiger partial charge in [0.25, 0.3) is 0 Å². The van der Waals surface area contributed by atoms with Crippen LogP contribution < -0.4 is 11.2 Å². The average Bonchev–Trinajstić information content (AvgIpc) is 2.61. The standard InChI is InChI=1S/C12H12BNOS/c1-7(15)11-10(6-16-12(11)14)8-2-4-9(13)5-3-8/h2-6,15H,1,13-14H2. The Labute approximate surface area is 99.5 Å². The zero-order chi connectivity index (χ0) is 11.7. The lowest BCUT2D eigenvalue weighted by molar-refractivity contribution is 0.515. The van der Waals surface area contributed by atoms with Gasteiger partial charge < -0.3 is 10.8 Å². The van der Waals surface area contributed by atoms with Gasteiger partial charge in [-0.2, -0.15) is 0 Å². The predicted octanol–water partition coefficient (Wildman–Crippen LogP) is 1.78. The van der Waals surface area contributed by atoms with Gasteiger partial charge in [0, 0.05) is 10.9 Å². The van der Waals surface area contributed by atoms with Crippen molar-refractivity contribution in [2.75, 3.05) is 5.73 Å². The monoisotopic (exact) mass is 229 g/mol. The van der Waals surface area contributed by atoms with Gasteiger partial charge in [-0.15, -0.1) is 11.3 Å². The summed E-state index contributed by atoms with van der Waals surface area (Å²) in [6.07, 6.45) is 0. The molecule has 0 atom stereocenters. The molecule has 0 aliphatic carbocycles. The lowest BCUT2D eigenvalue weighted by Crippen LogP contribution is -1.99. The molecule has 1 aromatic carbocycles. The van der Waals surface area contributed by atoms with E-state index in [0.717, 1.165) is 11.1 Å². The van der Waals surface area contributed by atoms with Gasteiger partial charge in [-0.1, -0.05) is 36.3 Å². The molecule has 0 spiro atoms. The Bertz CT molecular complexity index is 530. The summed E-state index contributed by atoms with van der Waals surface area (Å²) < 4.78 is 0. The van der Waals surface area contributed by atoms with E-state index in [1.54, 1.807) is 0 Å². The zero-order valence-corrected chi connectivity index (χ0v) is 9.84. The lowest BCUT2D eigenvalue weighted by Gasteiger charge is -2.04. The highest BCUT2D eigenvalue weighted by atomic mass is 32.1. The van der Waals surface area contributed by atoms with Crippen LogP contribution in [0.4, 0.5) is 5.00 Å². The van der Waals surface area contributed by atoms with E-state index in [0.29, 0.717) is 10.6 Å². The van der Waals surface area contributed by atoms with E-state index >= 15 is 0 Å². The van der Waals surface area contributed by atoms with Crippen LogP contribution in [0.25, 0.3) is 16.9 Å². The van der Waals surface area contributed by atoms with Crippen LogP contribution in [-0.2, 0) is 0 Å². The first-order valence-electron chi connectivity index (χ1n) is 4.92. The summed E-state index contributed by atoms with van der Waals surface area (Å²) in [4.78, 5) is 0. The number of benzene rings is 1. The number of anilines is 1. The summed E-state index contributed by atoms with van der Waals surface area (Å²) in [6.45, 7) is 3.54. The SMILES string of the molecule is Bc1ccc(-c2csc(N)c2C(=C)O)cc1. The maximum Gasteiger partial charge on any atom is 0.139 e. The van der Waals surface area contributed by atoms with Crippen LogP contribution in [0.5, 0.6) is 0 Å². The Morgan fingerprint density at radius 3 is 2.50 bits per heavy atom. The van der Waals surface area contributed by atoms with Crippen molar-refractivity contribution in [3.8, 4) is 11.1 Å². The molecule has 3 N–H and O–H groups in total. The second-order valence-corrected chi connectivity index (χ2v) is 4.61. The Morgan fingerprint density at radius 1 is 1.31 bits per heavy atom. The second kappa shape index (κ2) is 4.06. The Morgan fingerprint density at radius 2 is 1.94 bits per heavy atom. The molecule has 0 radical (unpaired) electrons. The van der Waals surface area contributed by atoms with E-state index in [9.17, 15) is 5.11 Å². The topological polar surface area (TPSA) is 46.2 Å². The lowest BCUT2D eigenvalue weighted by atomic mass is 9.93. The summed E-state index contributed by atoms with van der Waals surface area (Å²) in [7, 11) is 2.04. The number of nitrogens with two attached hydrogens (primary N) is 1. The first-order valence-corrected chi connectivity index (χ1v) is 5.80. The number of rotatable bonds is 2. The summed E-state index contributed by atoms with van der Waals surface area (Å²) >= 11 is 1.42. The van der Waals surface area contributed by atoms with E-state index in [4.69, 9.17) is 5.73 Å². The largest absolute Gasteiger partial charge is 0.508 e.